The summed E-state index contributed by atoms with van der Waals surface area (Å²) in [7, 11) is 0. The summed E-state index contributed by atoms with van der Waals surface area (Å²) in [5.41, 5.74) is 1.83. The molecule has 1 atom stereocenters. The minimum absolute atomic E-state index is 0.329. The topological polar surface area (TPSA) is 33.7 Å². The number of ether oxygens (including phenoxy) is 2. The lowest BCUT2D eigenvalue weighted by Gasteiger charge is -2.23. The van der Waals surface area contributed by atoms with E-state index < -0.39 is 0 Å². The van der Waals surface area contributed by atoms with Crippen LogP contribution in [0.5, 0.6) is 11.5 Å². The first-order valence-corrected chi connectivity index (χ1v) is 8.05. The molecule has 2 fully saturated rings. The predicted octanol–water partition coefficient (Wildman–Crippen LogP) is 2.36. The second-order valence-electron chi connectivity index (χ2n) is 6.20. The Hall–Kier alpha value is -0.780. The fourth-order valence-corrected chi connectivity index (χ4v) is 4.28. The third-order valence-corrected chi connectivity index (χ3v) is 5.33. The number of hydrogen-bond acceptors (Lipinski definition) is 4. The van der Waals surface area contributed by atoms with E-state index in [0.29, 0.717) is 12.2 Å². The zero-order valence-corrected chi connectivity index (χ0v) is 13.0. The normalized spacial score (nSPS) is 28.6. The SMILES string of the molecule is Brc1cc(CN2CCC3(CCNC3)C2)cc2c1OCO2. The first-order chi connectivity index (χ1) is 9.74. The second-order valence-corrected chi connectivity index (χ2v) is 7.05. The van der Waals surface area contributed by atoms with Gasteiger partial charge in [-0.1, -0.05) is 0 Å². The molecule has 20 heavy (non-hydrogen) atoms. The smallest absolute Gasteiger partial charge is 0.231 e. The van der Waals surface area contributed by atoms with Gasteiger partial charge in [-0.25, -0.2) is 0 Å². The predicted molar refractivity (Wildman–Crippen MR) is 80.1 cm³/mol. The Kier molecular flexibility index (Phi) is 3.16. The maximum absolute atomic E-state index is 5.50. The Morgan fingerprint density at radius 1 is 1.30 bits per heavy atom. The molecule has 0 aliphatic carbocycles. The summed E-state index contributed by atoms with van der Waals surface area (Å²) in [6.07, 6.45) is 2.65. The van der Waals surface area contributed by atoms with E-state index in [9.17, 15) is 0 Å². The number of halogens is 1. The lowest BCUT2D eigenvalue weighted by molar-refractivity contribution is 0.173. The number of fused-ring (bicyclic) bond motifs is 1. The molecule has 0 amide bonds. The van der Waals surface area contributed by atoms with E-state index in [2.05, 4.69) is 38.3 Å². The summed E-state index contributed by atoms with van der Waals surface area (Å²) >= 11 is 3.57. The van der Waals surface area contributed by atoms with Crippen molar-refractivity contribution in [3.05, 3.63) is 22.2 Å². The molecule has 0 radical (unpaired) electrons. The third-order valence-electron chi connectivity index (χ3n) is 4.74. The van der Waals surface area contributed by atoms with Crippen LogP contribution in [-0.2, 0) is 6.54 Å². The van der Waals surface area contributed by atoms with Crippen molar-refractivity contribution in [3.63, 3.8) is 0 Å². The van der Waals surface area contributed by atoms with Crippen LogP contribution in [-0.4, -0.2) is 37.9 Å². The van der Waals surface area contributed by atoms with Crippen LogP contribution in [0.3, 0.4) is 0 Å². The van der Waals surface area contributed by atoms with Gasteiger partial charge in [0.2, 0.25) is 6.79 Å². The van der Waals surface area contributed by atoms with E-state index in [-0.39, 0.29) is 0 Å². The molecular weight excluding hydrogens is 320 g/mol. The van der Waals surface area contributed by atoms with E-state index in [1.54, 1.807) is 0 Å². The van der Waals surface area contributed by atoms with E-state index >= 15 is 0 Å². The van der Waals surface area contributed by atoms with Crippen LogP contribution < -0.4 is 14.8 Å². The van der Waals surface area contributed by atoms with Crippen molar-refractivity contribution >= 4 is 15.9 Å². The molecule has 2 saturated heterocycles. The average molecular weight is 339 g/mol. The largest absolute Gasteiger partial charge is 0.454 e. The van der Waals surface area contributed by atoms with Gasteiger partial charge in [-0.15, -0.1) is 0 Å². The van der Waals surface area contributed by atoms with Gasteiger partial charge in [-0.05, 0) is 65.0 Å². The van der Waals surface area contributed by atoms with Crippen LogP contribution in [0.2, 0.25) is 0 Å². The summed E-state index contributed by atoms with van der Waals surface area (Å²) in [5, 5.41) is 3.51. The lowest BCUT2D eigenvalue weighted by Crippen LogP contribution is -2.28. The molecule has 4 nitrogen and oxygen atoms in total. The molecule has 108 valence electrons. The highest BCUT2D eigenvalue weighted by Crippen LogP contribution is 2.41. The molecular formula is C15H19BrN2O2. The minimum atomic E-state index is 0.329. The highest BCUT2D eigenvalue weighted by atomic mass is 79.9. The Morgan fingerprint density at radius 2 is 2.25 bits per heavy atom. The monoisotopic (exact) mass is 338 g/mol. The van der Waals surface area contributed by atoms with Crippen molar-refractivity contribution in [2.45, 2.75) is 19.4 Å². The van der Waals surface area contributed by atoms with E-state index in [4.69, 9.17) is 9.47 Å². The summed E-state index contributed by atoms with van der Waals surface area (Å²) < 4.78 is 11.9. The quantitative estimate of drug-likeness (QED) is 0.897. The Bertz CT molecular complexity index is 529. The van der Waals surface area contributed by atoms with Crippen LogP contribution in [0.15, 0.2) is 16.6 Å². The fourth-order valence-electron chi connectivity index (χ4n) is 3.68. The van der Waals surface area contributed by atoms with Crippen molar-refractivity contribution in [2.24, 2.45) is 5.41 Å². The first-order valence-electron chi connectivity index (χ1n) is 7.25. The van der Waals surface area contributed by atoms with Crippen molar-refractivity contribution in [3.8, 4) is 11.5 Å². The Labute approximate surface area is 127 Å². The van der Waals surface area contributed by atoms with Gasteiger partial charge in [0.25, 0.3) is 0 Å². The molecule has 3 heterocycles. The van der Waals surface area contributed by atoms with Crippen LogP contribution in [0.4, 0.5) is 0 Å². The van der Waals surface area contributed by atoms with Crippen LogP contribution in [0.1, 0.15) is 18.4 Å². The number of likely N-dealkylation sites (tertiary alicyclic amines) is 1. The highest BCUT2D eigenvalue weighted by Gasteiger charge is 2.40. The zero-order chi connectivity index (χ0) is 13.6. The molecule has 4 rings (SSSR count). The van der Waals surface area contributed by atoms with Gasteiger partial charge in [0.1, 0.15) is 0 Å². The summed E-state index contributed by atoms with van der Waals surface area (Å²) in [6, 6.07) is 4.27. The van der Waals surface area contributed by atoms with Gasteiger partial charge in [0, 0.05) is 19.6 Å². The third kappa shape index (κ3) is 2.22. The van der Waals surface area contributed by atoms with Crippen LogP contribution >= 0.6 is 15.9 Å². The van der Waals surface area contributed by atoms with Crippen molar-refractivity contribution in [2.75, 3.05) is 33.0 Å². The number of benzene rings is 1. The minimum Gasteiger partial charge on any atom is -0.454 e. The van der Waals surface area contributed by atoms with E-state index in [1.165, 1.54) is 44.6 Å². The van der Waals surface area contributed by atoms with Crippen LogP contribution in [0.25, 0.3) is 0 Å². The number of nitrogens with one attached hydrogen (secondary N) is 1. The lowest BCUT2D eigenvalue weighted by atomic mass is 9.86. The first kappa shape index (κ1) is 12.9. The molecule has 1 aromatic carbocycles. The van der Waals surface area contributed by atoms with Gasteiger partial charge in [-0.3, -0.25) is 4.90 Å². The average Bonchev–Trinajstić information content (AvgIpc) is 3.12. The molecule has 0 bridgehead atoms. The Morgan fingerprint density at radius 3 is 3.10 bits per heavy atom. The number of rotatable bonds is 2. The molecule has 3 aliphatic rings. The highest BCUT2D eigenvalue weighted by molar-refractivity contribution is 9.10. The van der Waals surface area contributed by atoms with Gasteiger partial charge in [0.05, 0.1) is 4.47 Å². The maximum Gasteiger partial charge on any atom is 0.231 e. The van der Waals surface area contributed by atoms with Gasteiger partial charge in [0.15, 0.2) is 11.5 Å². The molecule has 1 N–H and O–H groups in total. The molecule has 5 heteroatoms. The van der Waals surface area contributed by atoms with Crippen molar-refractivity contribution < 1.29 is 9.47 Å². The molecule has 0 aromatic heterocycles. The molecule has 3 aliphatic heterocycles. The molecule has 1 unspecified atom stereocenters. The van der Waals surface area contributed by atoms with E-state index in [1.807, 2.05) is 0 Å². The van der Waals surface area contributed by atoms with Gasteiger partial charge in [-0.2, -0.15) is 0 Å². The maximum atomic E-state index is 5.50. The van der Waals surface area contributed by atoms with Crippen LogP contribution in [0, 0.1) is 5.41 Å². The zero-order valence-electron chi connectivity index (χ0n) is 11.5. The van der Waals surface area contributed by atoms with Gasteiger partial charge >= 0.3 is 0 Å². The van der Waals surface area contributed by atoms with Crippen molar-refractivity contribution in [1.29, 1.82) is 0 Å². The van der Waals surface area contributed by atoms with Gasteiger partial charge < -0.3 is 14.8 Å². The fraction of sp³-hybridized carbons (Fsp3) is 0.600. The molecule has 1 spiro atoms. The summed E-state index contributed by atoms with van der Waals surface area (Å²) in [4.78, 5) is 2.57. The summed E-state index contributed by atoms with van der Waals surface area (Å²) in [5.74, 6) is 1.71. The Balaban J connectivity index is 1.49. The number of hydrogen-bond donors (Lipinski definition) is 1. The van der Waals surface area contributed by atoms with Crippen molar-refractivity contribution in [1.82, 2.24) is 10.2 Å². The molecule has 1 aromatic rings. The standard InChI is InChI=1S/C15H19BrN2O2/c16-12-5-11(6-13-14(12)20-10-19-13)7-18-4-2-15(9-18)1-3-17-8-15/h5-6,17H,1-4,7-10H2. The van der Waals surface area contributed by atoms with E-state index in [0.717, 1.165) is 22.5 Å². The molecule has 0 saturated carbocycles. The number of nitrogens with zero attached hydrogens (tertiary/aromatic N) is 1. The second kappa shape index (κ2) is 4.90. The summed E-state index contributed by atoms with van der Waals surface area (Å²) in [6.45, 7) is 6.12.